The molecule has 0 amide bonds. The number of fused-ring (bicyclic) bond motifs is 10. The van der Waals surface area contributed by atoms with Crippen LogP contribution in [0.5, 0.6) is 0 Å². The summed E-state index contributed by atoms with van der Waals surface area (Å²) in [6.07, 6.45) is 0. The predicted octanol–water partition coefficient (Wildman–Crippen LogP) is 10.3. The molecule has 0 heteroatoms. The molecule has 164 valence electrons. The molecule has 0 aliphatic rings. The smallest absolute Gasteiger partial charge is 0.000763 e. The fourth-order valence-electron chi connectivity index (χ4n) is 6.82. The van der Waals surface area contributed by atoms with Crippen molar-refractivity contribution in [3.63, 3.8) is 0 Å². The lowest BCUT2D eigenvalue weighted by atomic mass is 9.82. The van der Waals surface area contributed by atoms with Gasteiger partial charge in [0.2, 0.25) is 0 Å². The van der Waals surface area contributed by atoms with Gasteiger partial charge in [-0.05, 0) is 110 Å². The van der Waals surface area contributed by atoms with E-state index in [1.165, 1.54) is 86.2 Å². The molecule has 9 rings (SSSR count). The first-order valence-corrected chi connectivity index (χ1v) is 12.6. The van der Waals surface area contributed by atoms with Crippen molar-refractivity contribution in [3.8, 4) is 0 Å². The van der Waals surface area contributed by atoms with Crippen molar-refractivity contribution < 1.29 is 0 Å². The molecule has 0 spiro atoms. The van der Waals surface area contributed by atoms with Crippen LogP contribution >= 0.6 is 0 Å². The summed E-state index contributed by atoms with van der Waals surface area (Å²) in [6.45, 7) is 0. The second-order valence-corrected chi connectivity index (χ2v) is 10.1. The molecule has 0 nitrogen and oxygen atoms in total. The molecular weight excluding hydrogens is 432 g/mol. The summed E-state index contributed by atoms with van der Waals surface area (Å²) >= 11 is 0. The second kappa shape index (κ2) is 6.50. The van der Waals surface area contributed by atoms with Gasteiger partial charge < -0.3 is 0 Å². The first-order valence-electron chi connectivity index (χ1n) is 12.6. The van der Waals surface area contributed by atoms with E-state index in [0.29, 0.717) is 0 Å². The van der Waals surface area contributed by atoms with E-state index in [0.717, 1.165) is 0 Å². The van der Waals surface area contributed by atoms with Crippen molar-refractivity contribution in [2.24, 2.45) is 0 Å². The van der Waals surface area contributed by atoms with Crippen molar-refractivity contribution in [2.75, 3.05) is 0 Å². The molecule has 0 aromatic heterocycles. The molecule has 0 unspecified atom stereocenters. The third-order valence-corrected chi connectivity index (χ3v) is 8.28. The Morgan fingerprint density at radius 2 is 0.500 bits per heavy atom. The normalized spacial score (nSPS) is 12.4. The minimum Gasteiger partial charge on any atom is -0.0616 e. The molecule has 0 heterocycles. The first-order chi connectivity index (χ1) is 17.9. The highest BCUT2D eigenvalue weighted by Gasteiger charge is 2.20. The fourth-order valence-corrected chi connectivity index (χ4v) is 6.82. The highest BCUT2D eigenvalue weighted by Crippen LogP contribution is 2.49. The lowest BCUT2D eigenvalue weighted by Gasteiger charge is -2.20. The summed E-state index contributed by atoms with van der Waals surface area (Å²) in [5, 5.41) is 21.4. The number of hydrogen-bond donors (Lipinski definition) is 0. The van der Waals surface area contributed by atoms with Crippen molar-refractivity contribution in [2.45, 2.75) is 0 Å². The third-order valence-electron chi connectivity index (χ3n) is 8.28. The van der Waals surface area contributed by atoms with Gasteiger partial charge in [0.05, 0.1) is 0 Å². The van der Waals surface area contributed by atoms with E-state index >= 15 is 0 Å². The summed E-state index contributed by atoms with van der Waals surface area (Å²) in [5.74, 6) is 0. The summed E-state index contributed by atoms with van der Waals surface area (Å²) in [4.78, 5) is 0. The zero-order valence-electron chi connectivity index (χ0n) is 19.5. The van der Waals surface area contributed by atoms with Gasteiger partial charge in [0.15, 0.2) is 0 Å². The third kappa shape index (κ3) is 2.20. The van der Waals surface area contributed by atoms with Crippen LogP contribution in [-0.2, 0) is 0 Å². The SMILES string of the molecule is c1ccc2c(c1)cc1c3cc4ccccc4c4cc5ccccc5c(c43)c3c4ccccc4cc2c13. The molecule has 0 bridgehead atoms. The Labute approximate surface area is 207 Å². The summed E-state index contributed by atoms with van der Waals surface area (Å²) in [7, 11) is 0. The van der Waals surface area contributed by atoms with Gasteiger partial charge in [0.25, 0.3) is 0 Å². The molecule has 9 aromatic carbocycles. The Kier molecular flexibility index (Phi) is 3.36. The topological polar surface area (TPSA) is 0 Å². The minimum absolute atomic E-state index is 1.30. The van der Waals surface area contributed by atoms with Crippen LogP contribution in [0.4, 0.5) is 0 Å². The minimum atomic E-state index is 1.30. The van der Waals surface area contributed by atoms with E-state index in [4.69, 9.17) is 0 Å². The largest absolute Gasteiger partial charge is 0.0616 e. The molecule has 0 saturated heterocycles. The maximum Gasteiger partial charge on any atom is -0.000763 e. The van der Waals surface area contributed by atoms with E-state index in [9.17, 15) is 0 Å². The Morgan fingerprint density at radius 1 is 0.222 bits per heavy atom. The second-order valence-electron chi connectivity index (χ2n) is 10.1. The van der Waals surface area contributed by atoms with Gasteiger partial charge in [-0.1, -0.05) is 97.1 Å². The van der Waals surface area contributed by atoms with E-state index in [1.54, 1.807) is 0 Å². The molecule has 0 aliphatic heterocycles. The van der Waals surface area contributed by atoms with E-state index < -0.39 is 0 Å². The monoisotopic (exact) mass is 452 g/mol. The Morgan fingerprint density at radius 3 is 0.889 bits per heavy atom. The van der Waals surface area contributed by atoms with Crippen molar-refractivity contribution in [3.05, 3.63) is 121 Å². The fraction of sp³-hybridized carbons (Fsp3) is 0. The molecule has 0 N–H and O–H groups in total. The molecule has 0 saturated carbocycles. The summed E-state index contributed by atoms with van der Waals surface area (Å²) in [6, 6.07) is 45.2. The molecule has 0 atom stereocenters. The van der Waals surface area contributed by atoms with Crippen LogP contribution in [-0.4, -0.2) is 0 Å². The molecule has 9 aromatic rings. The highest BCUT2D eigenvalue weighted by atomic mass is 14.2. The maximum atomic E-state index is 2.43. The van der Waals surface area contributed by atoms with Gasteiger partial charge in [0.1, 0.15) is 0 Å². The zero-order chi connectivity index (χ0) is 23.4. The summed E-state index contributed by atoms with van der Waals surface area (Å²) < 4.78 is 0. The van der Waals surface area contributed by atoms with Crippen LogP contribution in [0, 0.1) is 0 Å². The quantitative estimate of drug-likeness (QED) is 0.159. The van der Waals surface area contributed by atoms with Gasteiger partial charge in [0, 0.05) is 0 Å². The van der Waals surface area contributed by atoms with Crippen LogP contribution in [0.25, 0.3) is 86.2 Å². The zero-order valence-corrected chi connectivity index (χ0v) is 19.5. The molecule has 36 heavy (non-hydrogen) atoms. The van der Waals surface area contributed by atoms with Gasteiger partial charge >= 0.3 is 0 Å². The van der Waals surface area contributed by atoms with Crippen LogP contribution in [0.3, 0.4) is 0 Å². The molecule has 0 aliphatic carbocycles. The van der Waals surface area contributed by atoms with Crippen molar-refractivity contribution in [1.29, 1.82) is 0 Å². The van der Waals surface area contributed by atoms with Crippen molar-refractivity contribution in [1.82, 2.24) is 0 Å². The average Bonchev–Trinajstić information content (AvgIpc) is 2.94. The number of hydrogen-bond acceptors (Lipinski definition) is 0. The van der Waals surface area contributed by atoms with Gasteiger partial charge in [-0.3, -0.25) is 0 Å². The standard InChI is InChI=1S/C36H20/c1-5-13-25-21(9-1)17-31-32-18-22-10-2-6-14-26(22)30-20-24-12-4-8-16-28(24)36(34(30)32)35-27-15-7-3-11-23(27)19-29(25)33(31)35/h1-20H. The highest BCUT2D eigenvalue weighted by molar-refractivity contribution is 6.46. The average molecular weight is 453 g/mol. The van der Waals surface area contributed by atoms with Gasteiger partial charge in [-0.15, -0.1) is 0 Å². The summed E-state index contributed by atoms with van der Waals surface area (Å²) in [5.41, 5.74) is 0. The lowest BCUT2D eigenvalue weighted by Crippen LogP contribution is -1.92. The van der Waals surface area contributed by atoms with E-state index in [-0.39, 0.29) is 0 Å². The van der Waals surface area contributed by atoms with Crippen LogP contribution in [0.1, 0.15) is 0 Å². The molecule has 0 fully saturated rings. The Balaban J connectivity index is 1.78. The van der Waals surface area contributed by atoms with Gasteiger partial charge in [-0.25, -0.2) is 0 Å². The molecular formula is C36H20. The number of benzene rings is 9. The Hall–Kier alpha value is -4.68. The van der Waals surface area contributed by atoms with Crippen LogP contribution in [0.2, 0.25) is 0 Å². The predicted molar refractivity (Wildman–Crippen MR) is 158 cm³/mol. The molecule has 0 radical (unpaired) electrons. The van der Waals surface area contributed by atoms with Gasteiger partial charge in [-0.2, -0.15) is 0 Å². The first kappa shape index (κ1) is 18.6. The lowest BCUT2D eigenvalue weighted by molar-refractivity contribution is 1.79. The Bertz CT molecular complexity index is 2190. The van der Waals surface area contributed by atoms with Crippen molar-refractivity contribution >= 4 is 86.2 Å². The maximum absolute atomic E-state index is 2.43. The van der Waals surface area contributed by atoms with E-state index in [1.807, 2.05) is 0 Å². The van der Waals surface area contributed by atoms with Crippen LogP contribution in [0.15, 0.2) is 121 Å². The number of rotatable bonds is 0. The van der Waals surface area contributed by atoms with E-state index in [2.05, 4.69) is 121 Å². The van der Waals surface area contributed by atoms with Crippen LogP contribution < -0.4 is 0 Å².